The number of alkyl halides is 3. The average molecular weight is 533 g/mol. The molecule has 0 aliphatic carbocycles. The van der Waals surface area contributed by atoms with E-state index in [0.717, 1.165) is 50.8 Å². The number of nitrogens with one attached hydrogen (secondary N) is 1. The van der Waals surface area contributed by atoms with Crippen LogP contribution in [-0.4, -0.2) is 64.9 Å². The molecular formula is C27H28ClF3N4O2. The quantitative estimate of drug-likeness (QED) is 0.314. The lowest BCUT2D eigenvalue weighted by molar-refractivity contribution is -0.141. The summed E-state index contributed by atoms with van der Waals surface area (Å²) in [6, 6.07) is 11.1. The van der Waals surface area contributed by atoms with Crippen molar-refractivity contribution in [3.05, 3.63) is 64.3 Å². The van der Waals surface area contributed by atoms with Crippen molar-refractivity contribution in [2.75, 3.05) is 39.8 Å². The van der Waals surface area contributed by atoms with E-state index in [2.05, 4.69) is 38.9 Å². The summed E-state index contributed by atoms with van der Waals surface area (Å²) in [4.78, 5) is 4.70. The fraction of sp³-hybridized carbons (Fsp3) is 0.370. The molecule has 2 N–H and O–H groups in total. The number of aromatic amines is 1. The van der Waals surface area contributed by atoms with Gasteiger partial charge >= 0.3 is 6.18 Å². The summed E-state index contributed by atoms with van der Waals surface area (Å²) >= 11 is 5.94. The van der Waals surface area contributed by atoms with E-state index in [1.165, 1.54) is 6.07 Å². The number of piperazine rings is 1. The Hall–Kier alpha value is -3.19. The maximum atomic E-state index is 13.0. The second-order valence-electron chi connectivity index (χ2n) is 8.96. The molecule has 196 valence electrons. The standard InChI is InChI=1S/C27H28ClF3N4O2/c1-34-13-15-35(16-14-34)12-4-2-3-5-22-24(37-18-19-6-8-20(28)9-7-19)11-10-21(26(22)36)23-17-25(33-32-23)27(29,30)31/h6-11,17,36H,2,4,12-16,18H2,1H3,(H,32,33). The van der Waals surface area contributed by atoms with Crippen molar-refractivity contribution in [2.45, 2.75) is 25.6 Å². The Balaban J connectivity index is 1.53. The van der Waals surface area contributed by atoms with Crippen LogP contribution >= 0.6 is 11.6 Å². The van der Waals surface area contributed by atoms with Crippen LogP contribution in [-0.2, 0) is 12.8 Å². The summed E-state index contributed by atoms with van der Waals surface area (Å²) in [6.07, 6.45) is -3.12. The van der Waals surface area contributed by atoms with Crippen LogP contribution in [0.3, 0.4) is 0 Å². The number of aromatic hydroxyl groups is 1. The number of unbranched alkanes of at least 4 members (excludes halogenated alkanes) is 1. The number of benzene rings is 2. The van der Waals surface area contributed by atoms with E-state index in [-0.39, 0.29) is 29.2 Å². The normalized spacial score (nSPS) is 14.8. The summed E-state index contributed by atoms with van der Waals surface area (Å²) < 4.78 is 45.0. The Bertz CT molecular complexity index is 1260. The highest BCUT2D eigenvalue weighted by molar-refractivity contribution is 6.30. The maximum Gasteiger partial charge on any atom is 0.435 e. The first-order valence-electron chi connectivity index (χ1n) is 12.0. The first-order chi connectivity index (χ1) is 17.7. The molecule has 1 aromatic heterocycles. The number of H-pyrrole nitrogens is 1. The zero-order valence-electron chi connectivity index (χ0n) is 20.4. The predicted molar refractivity (Wildman–Crippen MR) is 137 cm³/mol. The molecule has 37 heavy (non-hydrogen) atoms. The summed E-state index contributed by atoms with van der Waals surface area (Å²) in [5.74, 6) is 6.15. The van der Waals surface area contributed by atoms with Gasteiger partial charge in [0.05, 0.1) is 5.69 Å². The van der Waals surface area contributed by atoms with Gasteiger partial charge in [0.2, 0.25) is 0 Å². The molecule has 4 rings (SSSR count). The van der Waals surface area contributed by atoms with Crippen molar-refractivity contribution in [3.8, 4) is 34.6 Å². The third kappa shape index (κ3) is 7.19. The molecule has 0 radical (unpaired) electrons. The topological polar surface area (TPSA) is 64.6 Å². The van der Waals surface area contributed by atoms with Crippen LogP contribution in [0.25, 0.3) is 11.3 Å². The van der Waals surface area contributed by atoms with Gasteiger partial charge in [-0.1, -0.05) is 35.6 Å². The molecule has 0 amide bonds. The van der Waals surface area contributed by atoms with E-state index in [1.54, 1.807) is 18.2 Å². The van der Waals surface area contributed by atoms with Gasteiger partial charge in [-0.2, -0.15) is 18.3 Å². The van der Waals surface area contributed by atoms with Crippen LogP contribution in [0.2, 0.25) is 5.02 Å². The highest BCUT2D eigenvalue weighted by atomic mass is 35.5. The number of ether oxygens (including phenoxy) is 1. The van der Waals surface area contributed by atoms with Gasteiger partial charge in [-0.15, -0.1) is 0 Å². The first kappa shape index (κ1) is 26.9. The van der Waals surface area contributed by atoms with Gasteiger partial charge in [-0.3, -0.25) is 5.10 Å². The van der Waals surface area contributed by atoms with Gasteiger partial charge in [0, 0.05) is 43.2 Å². The lowest BCUT2D eigenvalue weighted by atomic mass is 10.0. The molecule has 2 aromatic carbocycles. The number of nitrogens with zero attached hydrogens (tertiary/aromatic N) is 3. The molecular weight excluding hydrogens is 505 g/mol. The fourth-order valence-electron chi connectivity index (χ4n) is 3.99. The van der Waals surface area contributed by atoms with Gasteiger partial charge in [0.1, 0.15) is 23.7 Å². The smallest absolute Gasteiger partial charge is 0.435 e. The van der Waals surface area contributed by atoms with E-state index in [9.17, 15) is 18.3 Å². The maximum absolute atomic E-state index is 13.0. The third-order valence-corrected chi connectivity index (χ3v) is 6.44. The van der Waals surface area contributed by atoms with Gasteiger partial charge < -0.3 is 19.6 Å². The Morgan fingerprint density at radius 3 is 2.51 bits per heavy atom. The summed E-state index contributed by atoms with van der Waals surface area (Å²) in [7, 11) is 2.11. The largest absolute Gasteiger partial charge is 0.506 e. The molecule has 1 fully saturated rings. The number of hydrogen-bond donors (Lipinski definition) is 2. The van der Waals surface area contributed by atoms with Crippen molar-refractivity contribution in [3.63, 3.8) is 0 Å². The molecule has 6 nitrogen and oxygen atoms in total. The lowest BCUT2D eigenvalue weighted by Gasteiger charge is -2.32. The predicted octanol–water partition coefficient (Wildman–Crippen LogP) is 5.41. The number of phenolic OH excluding ortho intramolecular Hbond substituents is 1. The number of aromatic nitrogens is 2. The van der Waals surface area contributed by atoms with E-state index >= 15 is 0 Å². The summed E-state index contributed by atoms with van der Waals surface area (Å²) in [5, 5.41) is 17.3. The molecule has 0 atom stereocenters. The zero-order chi connectivity index (χ0) is 26.4. The van der Waals surface area contributed by atoms with Gasteiger partial charge in [0.15, 0.2) is 5.69 Å². The Labute approximate surface area is 219 Å². The minimum Gasteiger partial charge on any atom is -0.506 e. The first-order valence-corrected chi connectivity index (χ1v) is 12.3. The highest BCUT2D eigenvalue weighted by Crippen LogP contribution is 2.38. The Morgan fingerprint density at radius 1 is 1.11 bits per heavy atom. The van der Waals surface area contributed by atoms with E-state index in [1.807, 2.05) is 12.1 Å². The molecule has 1 aliphatic heterocycles. The van der Waals surface area contributed by atoms with Crippen LogP contribution < -0.4 is 4.74 Å². The van der Waals surface area contributed by atoms with E-state index in [0.29, 0.717) is 17.2 Å². The number of halogens is 4. The van der Waals surface area contributed by atoms with Crippen molar-refractivity contribution in [1.82, 2.24) is 20.0 Å². The summed E-state index contributed by atoms with van der Waals surface area (Å²) in [6.45, 7) is 5.28. The van der Waals surface area contributed by atoms with Crippen LogP contribution in [0.15, 0.2) is 42.5 Å². The SMILES string of the molecule is CN1CCN(CCCC#Cc2c(OCc3ccc(Cl)cc3)ccc(-c3cc(C(F)(F)F)n[nH]3)c2O)CC1. The number of hydrogen-bond acceptors (Lipinski definition) is 5. The van der Waals surface area contributed by atoms with Crippen molar-refractivity contribution in [2.24, 2.45) is 0 Å². The molecule has 3 aromatic rings. The van der Waals surface area contributed by atoms with Crippen molar-refractivity contribution >= 4 is 11.6 Å². The molecule has 0 unspecified atom stereocenters. The van der Waals surface area contributed by atoms with Gasteiger partial charge in [-0.25, -0.2) is 0 Å². The molecule has 10 heteroatoms. The second kappa shape index (κ2) is 11.9. The van der Waals surface area contributed by atoms with Crippen molar-refractivity contribution < 1.29 is 23.0 Å². The van der Waals surface area contributed by atoms with Gasteiger partial charge in [0.25, 0.3) is 0 Å². The van der Waals surface area contributed by atoms with Crippen LogP contribution in [0.4, 0.5) is 13.2 Å². The molecule has 0 spiro atoms. The fourth-order valence-corrected chi connectivity index (χ4v) is 4.12. The van der Waals surface area contributed by atoms with Crippen LogP contribution in [0.5, 0.6) is 11.5 Å². The van der Waals surface area contributed by atoms with Crippen molar-refractivity contribution in [1.29, 1.82) is 0 Å². The molecule has 1 saturated heterocycles. The minimum atomic E-state index is -4.60. The molecule has 2 heterocycles. The Kier molecular flexibility index (Phi) is 8.64. The molecule has 0 bridgehead atoms. The molecule has 0 saturated carbocycles. The molecule has 1 aliphatic rings. The monoisotopic (exact) mass is 532 g/mol. The van der Waals surface area contributed by atoms with E-state index < -0.39 is 11.9 Å². The lowest BCUT2D eigenvalue weighted by Crippen LogP contribution is -2.44. The highest BCUT2D eigenvalue weighted by Gasteiger charge is 2.34. The average Bonchev–Trinajstić information content (AvgIpc) is 3.36. The number of phenols is 1. The van der Waals surface area contributed by atoms with Crippen LogP contribution in [0.1, 0.15) is 29.7 Å². The number of likely N-dealkylation sites (N-methyl/N-ethyl adjacent to an activating group) is 1. The summed E-state index contributed by atoms with van der Waals surface area (Å²) in [5.41, 5.74) is 0.203. The Morgan fingerprint density at radius 2 is 1.84 bits per heavy atom. The van der Waals surface area contributed by atoms with Gasteiger partial charge in [-0.05, 0) is 55.9 Å². The number of rotatable bonds is 7. The zero-order valence-corrected chi connectivity index (χ0v) is 21.2. The third-order valence-electron chi connectivity index (χ3n) is 6.19. The van der Waals surface area contributed by atoms with Crippen LogP contribution in [0, 0.1) is 11.8 Å². The minimum absolute atomic E-state index is 0.0344. The van der Waals surface area contributed by atoms with E-state index in [4.69, 9.17) is 16.3 Å². The second-order valence-corrected chi connectivity index (χ2v) is 9.40.